The number of ether oxygens (including phenoxy) is 2. The van der Waals surface area contributed by atoms with E-state index in [0.29, 0.717) is 6.42 Å². The Morgan fingerprint density at radius 2 is 1.67 bits per heavy atom. The molecule has 1 aromatic carbocycles. The molecule has 1 N–H and O–H groups in total. The molecule has 0 saturated carbocycles. The van der Waals surface area contributed by atoms with Crippen molar-refractivity contribution in [3.63, 3.8) is 0 Å². The Morgan fingerprint density at radius 3 is 2.40 bits per heavy atom. The molecule has 0 aliphatic carbocycles. The van der Waals surface area contributed by atoms with Crippen LogP contribution in [-0.2, 0) is 14.3 Å². The average molecular weight is 419 g/mol. The minimum Gasteiger partial charge on any atom is -0.469 e. The fourth-order valence-electron chi connectivity index (χ4n) is 4.59. The number of rotatable bonds is 14. The maximum atomic E-state index is 11.2. The SMILES string of the molecule is CCCCCC[C@@H]1C[C@H](O)[C@H](CCCCCCCC(=O)OC)[C@H](c2ccccc2)O1. The first-order valence-electron chi connectivity index (χ1n) is 12.1. The van der Waals surface area contributed by atoms with E-state index < -0.39 is 0 Å². The van der Waals surface area contributed by atoms with Crippen LogP contribution in [0, 0.1) is 5.92 Å². The molecule has 4 heteroatoms. The van der Waals surface area contributed by atoms with Crippen LogP contribution in [0.1, 0.15) is 102 Å². The van der Waals surface area contributed by atoms with E-state index in [1.807, 2.05) is 6.07 Å². The van der Waals surface area contributed by atoms with Crippen molar-refractivity contribution in [2.45, 2.75) is 109 Å². The highest BCUT2D eigenvalue weighted by Crippen LogP contribution is 2.40. The fraction of sp³-hybridized carbons (Fsp3) is 0.731. The minimum atomic E-state index is -0.292. The van der Waals surface area contributed by atoms with Gasteiger partial charge in [0.25, 0.3) is 0 Å². The predicted octanol–water partition coefficient (Wildman–Crippen LogP) is 6.37. The largest absolute Gasteiger partial charge is 0.469 e. The molecule has 170 valence electrons. The Labute approximate surface area is 183 Å². The lowest BCUT2D eigenvalue weighted by atomic mass is 9.81. The van der Waals surface area contributed by atoms with Crippen LogP contribution in [0.5, 0.6) is 0 Å². The van der Waals surface area contributed by atoms with Crippen LogP contribution >= 0.6 is 0 Å². The zero-order valence-electron chi connectivity index (χ0n) is 19.1. The van der Waals surface area contributed by atoms with Gasteiger partial charge in [-0.1, -0.05) is 88.6 Å². The standard InChI is InChI=1S/C26H42O4/c1-3-4-5-12-17-22-20-24(27)23(26(30-22)21-15-10-9-11-16-21)18-13-7-6-8-14-19-25(28)29-2/h9-11,15-16,22-24,26-27H,3-8,12-14,17-20H2,1-2H3/t22-,23+,24+,26+/m1/s1. The smallest absolute Gasteiger partial charge is 0.305 e. The molecule has 30 heavy (non-hydrogen) atoms. The van der Waals surface area contributed by atoms with Crippen LogP contribution in [0.2, 0.25) is 0 Å². The van der Waals surface area contributed by atoms with Gasteiger partial charge in [0.05, 0.1) is 25.4 Å². The first-order chi connectivity index (χ1) is 14.7. The van der Waals surface area contributed by atoms with Crippen molar-refractivity contribution in [2.24, 2.45) is 5.92 Å². The normalized spacial score (nSPS) is 24.0. The van der Waals surface area contributed by atoms with Crippen molar-refractivity contribution < 1.29 is 19.4 Å². The summed E-state index contributed by atoms with van der Waals surface area (Å²) >= 11 is 0. The molecule has 2 rings (SSSR count). The lowest BCUT2D eigenvalue weighted by Gasteiger charge is -2.40. The Bertz CT molecular complexity index is 574. The van der Waals surface area contributed by atoms with Crippen LogP contribution in [-0.4, -0.2) is 30.4 Å². The quantitative estimate of drug-likeness (QED) is 0.282. The Balaban J connectivity index is 1.82. The van der Waals surface area contributed by atoms with Crippen LogP contribution in [0.15, 0.2) is 30.3 Å². The van der Waals surface area contributed by atoms with E-state index in [1.54, 1.807) is 0 Å². The highest BCUT2D eigenvalue weighted by Gasteiger charge is 2.37. The Hall–Kier alpha value is -1.39. The number of aliphatic hydroxyl groups excluding tert-OH is 1. The maximum absolute atomic E-state index is 11.2. The number of benzene rings is 1. The average Bonchev–Trinajstić information content (AvgIpc) is 2.77. The molecule has 1 aliphatic rings. The van der Waals surface area contributed by atoms with Gasteiger partial charge >= 0.3 is 5.97 Å². The maximum Gasteiger partial charge on any atom is 0.305 e. The van der Waals surface area contributed by atoms with E-state index in [1.165, 1.54) is 38.4 Å². The molecular formula is C26H42O4. The molecule has 0 aromatic heterocycles. The second-order valence-corrected chi connectivity index (χ2v) is 8.79. The summed E-state index contributed by atoms with van der Waals surface area (Å²) < 4.78 is 11.2. The van der Waals surface area contributed by atoms with E-state index >= 15 is 0 Å². The third kappa shape index (κ3) is 8.77. The second-order valence-electron chi connectivity index (χ2n) is 8.79. The number of unbranched alkanes of at least 4 members (excludes halogenated alkanes) is 7. The van der Waals surface area contributed by atoms with E-state index in [2.05, 4.69) is 35.9 Å². The van der Waals surface area contributed by atoms with Gasteiger partial charge in [0.2, 0.25) is 0 Å². The number of esters is 1. The molecule has 1 aromatic rings. The first kappa shape index (κ1) is 24.9. The van der Waals surface area contributed by atoms with E-state index in [-0.39, 0.29) is 30.2 Å². The summed E-state index contributed by atoms with van der Waals surface area (Å²) in [6, 6.07) is 10.4. The fourth-order valence-corrected chi connectivity index (χ4v) is 4.59. The molecule has 1 saturated heterocycles. The number of carbonyl (C=O) groups is 1. The number of carbonyl (C=O) groups excluding carboxylic acids is 1. The van der Waals surface area contributed by atoms with E-state index in [9.17, 15) is 9.90 Å². The van der Waals surface area contributed by atoms with Crippen molar-refractivity contribution in [1.82, 2.24) is 0 Å². The van der Waals surface area contributed by atoms with Crippen molar-refractivity contribution in [3.8, 4) is 0 Å². The van der Waals surface area contributed by atoms with Gasteiger partial charge in [-0.2, -0.15) is 0 Å². The van der Waals surface area contributed by atoms with Crippen LogP contribution in [0.4, 0.5) is 0 Å². The van der Waals surface area contributed by atoms with Gasteiger partial charge in [-0.3, -0.25) is 4.79 Å². The Morgan fingerprint density at radius 1 is 1.00 bits per heavy atom. The van der Waals surface area contributed by atoms with Crippen molar-refractivity contribution >= 4 is 5.97 Å². The van der Waals surface area contributed by atoms with Gasteiger partial charge in [-0.05, 0) is 31.2 Å². The number of aliphatic hydroxyl groups is 1. The summed E-state index contributed by atoms with van der Waals surface area (Å²) in [4.78, 5) is 11.2. The zero-order valence-corrected chi connectivity index (χ0v) is 19.1. The van der Waals surface area contributed by atoms with Gasteiger partial charge < -0.3 is 14.6 Å². The lowest BCUT2D eigenvalue weighted by Crippen LogP contribution is -2.39. The Kier molecular flexibility index (Phi) is 12.1. The highest BCUT2D eigenvalue weighted by molar-refractivity contribution is 5.68. The van der Waals surface area contributed by atoms with E-state index in [0.717, 1.165) is 51.4 Å². The van der Waals surface area contributed by atoms with Crippen LogP contribution < -0.4 is 0 Å². The van der Waals surface area contributed by atoms with Crippen molar-refractivity contribution in [1.29, 1.82) is 0 Å². The van der Waals surface area contributed by atoms with Crippen molar-refractivity contribution in [2.75, 3.05) is 7.11 Å². The molecule has 1 fully saturated rings. The topological polar surface area (TPSA) is 55.8 Å². The number of hydrogen-bond donors (Lipinski definition) is 1. The molecule has 0 amide bonds. The summed E-state index contributed by atoms with van der Waals surface area (Å²) in [5, 5.41) is 11.0. The third-order valence-corrected chi connectivity index (χ3v) is 6.38. The highest BCUT2D eigenvalue weighted by atomic mass is 16.5. The summed E-state index contributed by atoms with van der Waals surface area (Å²) in [6.07, 6.45) is 13.4. The minimum absolute atomic E-state index is 0.00884. The molecule has 1 heterocycles. The lowest BCUT2D eigenvalue weighted by molar-refractivity contribution is -0.143. The third-order valence-electron chi connectivity index (χ3n) is 6.38. The molecule has 1 aliphatic heterocycles. The second kappa shape index (κ2) is 14.6. The molecule has 4 nitrogen and oxygen atoms in total. The van der Waals surface area contributed by atoms with Crippen LogP contribution in [0.25, 0.3) is 0 Å². The summed E-state index contributed by atoms with van der Waals surface area (Å²) in [5.74, 6) is 0.0433. The monoisotopic (exact) mass is 418 g/mol. The van der Waals surface area contributed by atoms with Gasteiger partial charge in [0.15, 0.2) is 0 Å². The summed E-state index contributed by atoms with van der Waals surface area (Å²) in [7, 11) is 1.44. The van der Waals surface area contributed by atoms with Crippen molar-refractivity contribution in [3.05, 3.63) is 35.9 Å². The first-order valence-corrected chi connectivity index (χ1v) is 12.1. The van der Waals surface area contributed by atoms with Crippen LogP contribution in [0.3, 0.4) is 0 Å². The molecule has 0 radical (unpaired) electrons. The predicted molar refractivity (Wildman–Crippen MR) is 121 cm³/mol. The summed E-state index contributed by atoms with van der Waals surface area (Å²) in [5.41, 5.74) is 1.19. The van der Waals surface area contributed by atoms with Gasteiger partial charge in [-0.15, -0.1) is 0 Å². The van der Waals surface area contributed by atoms with Gasteiger partial charge in [-0.25, -0.2) is 0 Å². The molecule has 0 bridgehead atoms. The molecule has 0 spiro atoms. The van der Waals surface area contributed by atoms with Gasteiger partial charge in [0.1, 0.15) is 0 Å². The molecule has 4 atom stereocenters. The van der Waals surface area contributed by atoms with E-state index in [4.69, 9.17) is 4.74 Å². The zero-order chi connectivity index (χ0) is 21.6. The molecular weight excluding hydrogens is 376 g/mol. The number of methoxy groups -OCH3 is 1. The number of hydrogen-bond acceptors (Lipinski definition) is 4. The molecule has 0 unspecified atom stereocenters. The summed E-state index contributed by atoms with van der Waals surface area (Å²) in [6.45, 7) is 2.23. The van der Waals surface area contributed by atoms with Gasteiger partial charge in [0, 0.05) is 12.3 Å².